The molecule has 33 heavy (non-hydrogen) atoms. The SMILES string of the molecule is O=C(Nc1cccc(-c2ccc3nnc(-c4cccnc4)n3n2)c1)c1cc2ccccc2[nH]1. The lowest BCUT2D eigenvalue weighted by Gasteiger charge is -2.07. The zero-order valence-corrected chi connectivity index (χ0v) is 17.3. The van der Waals surface area contributed by atoms with Crippen LogP contribution in [0.1, 0.15) is 10.5 Å². The Morgan fingerprint density at radius 1 is 0.879 bits per heavy atom. The van der Waals surface area contributed by atoms with E-state index in [4.69, 9.17) is 5.10 Å². The summed E-state index contributed by atoms with van der Waals surface area (Å²) in [6, 6.07) is 24.7. The predicted molar refractivity (Wildman–Crippen MR) is 126 cm³/mol. The van der Waals surface area contributed by atoms with E-state index in [2.05, 4.69) is 25.5 Å². The molecule has 158 valence electrons. The molecule has 0 unspecified atom stereocenters. The molecule has 8 nitrogen and oxygen atoms in total. The van der Waals surface area contributed by atoms with Crippen molar-refractivity contribution in [2.75, 3.05) is 5.32 Å². The summed E-state index contributed by atoms with van der Waals surface area (Å²) in [6.45, 7) is 0. The third-order valence-electron chi connectivity index (χ3n) is 5.37. The van der Waals surface area contributed by atoms with Crippen LogP contribution in [0.4, 0.5) is 5.69 Å². The number of H-pyrrole nitrogens is 1. The molecule has 8 heteroatoms. The highest BCUT2D eigenvalue weighted by Gasteiger charge is 2.13. The molecule has 0 fully saturated rings. The Morgan fingerprint density at radius 2 is 1.79 bits per heavy atom. The number of aromatic amines is 1. The van der Waals surface area contributed by atoms with E-state index < -0.39 is 0 Å². The second-order valence-electron chi connectivity index (χ2n) is 7.56. The van der Waals surface area contributed by atoms with Crippen LogP contribution in [-0.2, 0) is 0 Å². The molecule has 2 aromatic carbocycles. The zero-order valence-electron chi connectivity index (χ0n) is 17.3. The van der Waals surface area contributed by atoms with Crippen molar-refractivity contribution >= 4 is 28.1 Å². The number of amides is 1. The fourth-order valence-electron chi connectivity index (χ4n) is 3.77. The number of pyridine rings is 1. The third kappa shape index (κ3) is 3.49. The Kier molecular flexibility index (Phi) is 4.40. The van der Waals surface area contributed by atoms with Crippen LogP contribution in [0.2, 0.25) is 0 Å². The Morgan fingerprint density at radius 3 is 2.67 bits per heavy atom. The summed E-state index contributed by atoms with van der Waals surface area (Å²) in [6.07, 6.45) is 3.44. The average molecular weight is 431 g/mol. The van der Waals surface area contributed by atoms with E-state index >= 15 is 0 Å². The lowest BCUT2D eigenvalue weighted by Crippen LogP contribution is -2.12. The van der Waals surface area contributed by atoms with Crippen molar-refractivity contribution in [1.29, 1.82) is 0 Å². The van der Waals surface area contributed by atoms with Crippen LogP contribution in [0.25, 0.3) is 39.2 Å². The normalized spacial score (nSPS) is 11.2. The van der Waals surface area contributed by atoms with E-state index in [9.17, 15) is 4.79 Å². The highest BCUT2D eigenvalue weighted by Crippen LogP contribution is 2.24. The maximum atomic E-state index is 12.8. The van der Waals surface area contributed by atoms with Gasteiger partial charge < -0.3 is 10.3 Å². The molecule has 6 aromatic rings. The van der Waals surface area contributed by atoms with Gasteiger partial charge in [0.15, 0.2) is 11.5 Å². The van der Waals surface area contributed by atoms with E-state index in [0.717, 1.165) is 27.7 Å². The van der Waals surface area contributed by atoms with Gasteiger partial charge in [0, 0.05) is 40.1 Å². The highest BCUT2D eigenvalue weighted by molar-refractivity contribution is 6.06. The summed E-state index contributed by atoms with van der Waals surface area (Å²) in [5, 5.41) is 17.1. The quantitative estimate of drug-likeness (QED) is 0.425. The van der Waals surface area contributed by atoms with E-state index in [-0.39, 0.29) is 5.91 Å². The summed E-state index contributed by atoms with van der Waals surface area (Å²) in [7, 11) is 0. The average Bonchev–Trinajstić information content (AvgIpc) is 3.49. The second kappa shape index (κ2) is 7.69. The lowest BCUT2D eigenvalue weighted by atomic mass is 10.1. The predicted octanol–water partition coefficient (Wildman–Crippen LogP) is 4.59. The van der Waals surface area contributed by atoms with Gasteiger partial charge in [0.05, 0.1) is 5.69 Å². The first-order valence-electron chi connectivity index (χ1n) is 10.4. The Hall–Kier alpha value is -4.85. The molecule has 6 rings (SSSR count). The first-order valence-corrected chi connectivity index (χ1v) is 10.4. The Balaban J connectivity index is 1.32. The van der Waals surface area contributed by atoms with Gasteiger partial charge in [-0.3, -0.25) is 9.78 Å². The minimum atomic E-state index is -0.204. The monoisotopic (exact) mass is 431 g/mol. The Bertz CT molecular complexity index is 1590. The lowest BCUT2D eigenvalue weighted by molar-refractivity contribution is 0.102. The molecule has 0 saturated heterocycles. The summed E-state index contributed by atoms with van der Waals surface area (Å²) in [5.41, 5.74) is 5.16. The van der Waals surface area contributed by atoms with Crippen molar-refractivity contribution in [2.45, 2.75) is 0 Å². The summed E-state index contributed by atoms with van der Waals surface area (Å²) in [5.74, 6) is 0.410. The summed E-state index contributed by atoms with van der Waals surface area (Å²) in [4.78, 5) is 20.1. The molecule has 0 aliphatic heterocycles. The molecule has 4 heterocycles. The van der Waals surface area contributed by atoms with Crippen LogP contribution in [0, 0.1) is 0 Å². The van der Waals surface area contributed by atoms with Crippen LogP contribution < -0.4 is 5.32 Å². The highest BCUT2D eigenvalue weighted by atomic mass is 16.1. The van der Waals surface area contributed by atoms with E-state index in [0.29, 0.717) is 22.9 Å². The number of anilines is 1. The molecule has 0 saturated carbocycles. The van der Waals surface area contributed by atoms with Gasteiger partial charge in [-0.15, -0.1) is 10.2 Å². The molecule has 0 radical (unpaired) electrons. The zero-order chi connectivity index (χ0) is 22.2. The van der Waals surface area contributed by atoms with E-state index in [1.807, 2.05) is 78.9 Å². The van der Waals surface area contributed by atoms with Gasteiger partial charge >= 0.3 is 0 Å². The first kappa shape index (κ1) is 18.9. The number of benzene rings is 2. The maximum absolute atomic E-state index is 12.8. The van der Waals surface area contributed by atoms with Crippen molar-refractivity contribution < 1.29 is 4.79 Å². The van der Waals surface area contributed by atoms with Gasteiger partial charge in [-0.05, 0) is 48.5 Å². The molecular formula is C25H17N7O. The topological polar surface area (TPSA) is 101 Å². The number of para-hydroxylation sites is 1. The Labute approximate surface area is 188 Å². The third-order valence-corrected chi connectivity index (χ3v) is 5.37. The van der Waals surface area contributed by atoms with Crippen molar-refractivity contribution in [1.82, 2.24) is 29.8 Å². The number of nitrogens with zero attached hydrogens (tertiary/aromatic N) is 5. The van der Waals surface area contributed by atoms with E-state index in [1.54, 1.807) is 16.9 Å². The van der Waals surface area contributed by atoms with Gasteiger partial charge in [0.1, 0.15) is 5.69 Å². The van der Waals surface area contributed by atoms with Crippen molar-refractivity contribution in [3.05, 3.63) is 97.0 Å². The van der Waals surface area contributed by atoms with Crippen molar-refractivity contribution in [2.24, 2.45) is 0 Å². The van der Waals surface area contributed by atoms with Crippen LogP contribution in [0.5, 0.6) is 0 Å². The molecule has 0 aliphatic rings. The number of carbonyl (C=O) groups is 1. The number of nitrogens with one attached hydrogen (secondary N) is 2. The molecule has 1 amide bonds. The molecule has 2 N–H and O–H groups in total. The van der Waals surface area contributed by atoms with Crippen LogP contribution in [0.15, 0.2) is 91.3 Å². The number of rotatable bonds is 4. The van der Waals surface area contributed by atoms with Crippen molar-refractivity contribution in [3.8, 4) is 22.6 Å². The standard InChI is InChI=1S/C25H17N7O/c33-25(22-14-17-5-1-2-9-20(17)28-22)27-19-8-3-6-16(13-19)21-10-11-23-29-30-24(32(23)31-21)18-7-4-12-26-15-18/h1-15,28H,(H,27,33). The fraction of sp³-hybridized carbons (Fsp3) is 0. The molecule has 0 aliphatic carbocycles. The first-order chi connectivity index (χ1) is 16.2. The molecule has 0 bridgehead atoms. The van der Waals surface area contributed by atoms with Crippen LogP contribution in [0.3, 0.4) is 0 Å². The number of hydrogen-bond acceptors (Lipinski definition) is 5. The second-order valence-corrected chi connectivity index (χ2v) is 7.56. The number of fused-ring (bicyclic) bond motifs is 2. The molecule has 0 atom stereocenters. The van der Waals surface area contributed by atoms with Crippen molar-refractivity contribution in [3.63, 3.8) is 0 Å². The van der Waals surface area contributed by atoms with Gasteiger partial charge in [-0.1, -0.05) is 30.3 Å². The summed E-state index contributed by atoms with van der Waals surface area (Å²) < 4.78 is 1.70. The van der Waals surface area contributed by atoms with E-state index in [1.165, 1.54) is 0 Å². The smallest absolute Gasteiger partial charge is 0.272 e. The van der Waals surface area contributed by atoms with Crippen LogP contribution >= 0.6 is 0 Å². The van der Waals surface area contributed by atoms with Gasteiger partial charge in [-0.2, -0.15) is 9.61 Å². The summed E-state index contributed by atoms with van der Waals surface area (Å²) >= 11 is 0. The minimum absolute atomic E-state index is 0.204. The minimum Gasteiger partial charge on any atom is -0.351 e. The van der Waals surface area contributed by atoms with Gasteiger partial charge in [-0.25, -0.2) is 0 Å². The molecule has 4 aromatic heterocycles. The van der Waals surface area contributed by atoms with Gasteiger partial charge in [0.2, 0.25) is 0 Å². The largest absolute Gasteiger partial charge is 0.351 e. The number of carbonyl (C=O) groups excluding carboxylic acids is 1. The fourth-order valence-corrected chi connectivity index (χ4v) is 3.77. The number of aromatic nitrogens is 6. The number of hydrogen-bond donors (Lipinski definition) is 2. The molecule has 0 spiro atoms. The molecular weight excluding hydrogens is 414 g/mol. The maximum Gasteiger partial charge on any atom is 0.272 e. The van der Waals surface area contributed by atoms with Crippen LogP contribution in [-0.4, -0.2) is 35.7 Å². The van der Waals surface area contributed by atoms with Gasteiger partial charge in [0.25, 0.3) is 5.91 Å².